The molecule has 2 rings (SSSR count). The molecular weight excluding hydrogens is 244 g/mol. The first kappa shape index (κ1) is 9.93. The van der Waals surface area contributed by atoms with Crippen LogP contribution in [-0.4, -0.2) is 24.2 Å². The number of aromatic nitrogens is 1. The molecule has 3 nitrogen and oxygen atoms in total. The van der Waals surface area contributed by atoms with Crippen molar-refractivity contribution >= 4 is 15.9 Å². The number of ether oxygens (including phenoxy) is 1. The molecule has 4 heteroatoms. The van der Waals surface area contributed by atoms with Gasteiger partial charge in [0.05, 0.1) is 4.47 Å². The van der Waals surface area contributed by atoms with E-state index in [2.05, 4.69) is 26.2 Å². The number of piperidine rings is 1. The second-order valence-electron chi connectivity index (χ2n) is 3.39. The minimum absolute atomic E-state index is 0.294. The third-order valence-electron chi connectivity index (χ3n) is 2.28. The highest BCUT2D eigenvalue weighted by Gasteiger charge is 2.15. The number of halogens is 1. The lowest BCUT2D eigenvalue weighted by Crippen LogP contribution is -2.37. The van der Waals surface area contributed by atoms with E-state index in [0.29, 0.717) is 6.10 Å². The zero-order chi connectivity index (χ0) is 9.80. The molecule has 1 N–H and O–H groups in total. The van der Waals surface area contributed by atoms with Crippen LogP contribution in [-0.2, 0) is 0 Å². The Morgan fingerprint density at radius 2 is 2.50 bits per heavy atom. The molecule has 76 valence electrons. The molecule has 14 heavy (non-hydrogen) atoms. The summed E-state index contributed by atoms with van der Waals surface area (Å²) in [6, 6.07) is 1.89. The van der Waals surface area contributed by atoms with Gasteiger partial charge in [0.2, 0.25) is 0 Å². The molecule has 1 aromatic heterocycles. The summed E-state index contributed by atoms with van der Waals surface area (Å²) in [5.41, 5.74) is 0. The maximum absolute atomic E-state index is 5.84. The van der Waals surface area contributed by atoms with Crippen molar-refractivity contribution in [2.75, 3.05) is 13.1 Å². The van der Waals surface area contributed by atoms with Crippen molar-refractivity contribution in [2.45, 2.75) is 18.9 Å². The lowest BCUT2D eigenvalue weighted by molar-refractivity contribution is 0.166. The Balaban J connectivity index is 1.99. The number of pyridine rings is 1. The molecule has 0 amide bonds. The van der Waals surface area contributed by atoms with Gasteiger partial charge < -0.3 is 10.1 Å². The summed E-state index contributed by atoms with van der Waals surface area (Å²) in [6.45, 7) is 2.05. The Bertz CT molecular complexity index is 300. The third-order valence-corrected chi connectivity index (χ3v) is 2.88. The van der Waals surface area contributed by atoms with Crippen LogP contribution in [0, 0.1) is 0 Å². The quantitative estimate of drug-likeness (QED) is 0.879. The molecule has 0 bridgehead atoms. The summed E-state index contributed by atoms with van der Waals surface area (Å²) < 4.78 is 6.76. The normalized spacial score (nSPS) is 21.9. The zero-order valence-corrected chi connectivity index (χ0v) is 9.46. The molecule has 1 atom stereocenters. The van der Waals surface area contributed by atoms with Crippen LogP contribution in [0.1, 0.15) is 12.8 Å². The van der Waals surface area contributed by atoms with Crippen LogP contribution >= 0.6 is 15.9 Å². The van der Waals surface area contributed by atoms with Gasteiger partial charge in [0.25, 0.3) is 0 Å². The third kappa shape index (κ3) is 2.45. The Kier molecular flexibility index (Phi) is 3.37. The van der Waals surface area contributed by atoms with Crippen LogP contribution < -0.4 is 10.1 Å². The first-order valence-corrected chi connectivity index (χ1v) is 5.62. The summed E-state index contributed by atoms with van der Waals surface area (Å²) in [6.07, 6.45) is 6.11. The van der Waals surface area contributed by atoms with E-state index in [1.165, 1.54) is 6.42 Å². The van der Waals surface area contributed by atoms with Crippen molar-refractivity contribution in [1.82, 2.24) is 10.3 Å². The maximum atomic E-state index is 5.84. The van der Waals surface area contributed by atoms with Crippen molar-refractivity contribution in [3.8, 4) is 5.75 Å². The average molecular weight is 257 g/mol. The number of rotatable bonds is 2. The summed E-state index contributed by atoms with van der Waals surface area (Å²) in [4.78, 5) is 4.00. The molecule has 1 aromatic rings. The van der Waals surface area contributed by atoms with Crippen molar-refractivity contribution in [3.63, 3.8) is 0 Å². The molecule has 1 aliphatic rings. The van der Waals surface area contributed by atoms with E-state index in [1.54, 1.807) is 12.4 Å². The van der Waals surface area contributed by atoms with Crippen LogP contribution in [0.4, 0.5) is 0 Å². The molecule has 0 spiro atoms. The minimum atomic E-state index is 0.294. The fraction of sp³-hybridized carbons (Fsp3) is 0.500. The molecule has 0 unspecified atom stereocenters. The van der Waals surface area contributed by atoms with Crippen LogP contribution in [0.3, 0.4) is 0 Å². The van der Waals surface area contributed by atoms with Crippen LogP contribution in [0.25, 0.3) is 0 Å². The van der Waals surface area contributed by atoms with Gasteiger partial charge in [-0.15, -0.1) is 0 Å². The van der Waals surface area contributed by atoms with Gasteiger partial charge in [-0.25, -0.2) is 0 Å². The van der Waals surface area contributed by atoms with E-state index in [-0.39, 0.29) is 0 Å². The number of nitrogens with one attached hydrogen (secondary N) is 1. The molecule has 0 saturated carbocycles. The number of hydrogen-bond donors (Lipinski definition) is 1. The Morgan fingerprint density at radius 3 is 3.21 bits per heavy atom. The second kappa shape index (κ2) is 4.75. The lowest BCUT2D eigenvalue weighted by Gasteiger charge is -2.24. The molecule has 0 radical (unpaired) electrons. The lowest BCUT2D eigenvalue weighted by atomic mass is 10.1. The topological polar surface area (TPSA) is 34.1 Å². The van der Waals surface area contributed by atoms with E-state index >= 15 is 0 Å². The Labute approximate surface area is 92.0 Å². The highest BCUT2D eigenvalue weighted by Crippen LogP contribution is 2.24. The zero-order valence-electron chi connectivity index (χ0n) is 7.87. The van der Waals surface area contributed by atoms with E-state index in [9.17, 15) is 0 Å². The monoisotopic (exact) mass is 256 g/mol. The first-order valence-electron chi connectivity index (χ1n) is 4.83. The van der Waals surface area contributed by atoms with E-state index < -0.39 is 0 Å². The van der Waals surface area contributed by atoms with E-state index in [0.717, 1.165) is 29.7 Å². The van der Waals surface area contributed by atoms with Gasteiger partial charge in [-0.3, -0.25) is 4.98 Å². The summed E-state index contributed by atoms with van der Waals surface area (Å²) in [5, 5.41) is 3.32. The molecule has 0 aliphatic carbocycles. The fourth-order valence-electron chi connectivity index (χ4n) is 1.56. The molecular formula is C10H13BrN2O. The smallest absolute Gasteiger partial charge is 0.137 e. The summed E-state index contributed by atoms with van der Waals surface area (Å²) in [7, 11) is 0. The van der Waals surface area contributed by atoms with Crippen LogP contribution in [0.5, 0.6) is 5.75 Å². The first-order chi connectivity index (χ1) is 6.86. The second-order valence-corrected chi connectivity index (χ2v) is 4.25. The van der Waals surface area contributed by atoms with Crippen molar-refractivity contribution in [2.24, 2.45) is 0 Å². The number of nitrogens with zero attached hydrogens (tertiary/aromatic N) is 1. The summed E-state index contributed by atoms with van der Waals surface area (Å²) in [5.74, 6) is 0.883. The predicted octanol–water partition coefficient (Wildman–Crippen LogP) is 1.97. The fourth-order valence-corrected chi connectivity index (χ4v) is 1.90. The molecule has 1 fully saturated rings. The van der Waals surface area contributed by atoms with Crippen LogP contribution in [0.15, 0.2) is 22.9 Å². The number of hydrogen-bond acceptors (Lipinski definition) is 3. The average Bonchev–Trinajstić information content (AvgIpc) is 2.23. The van der Waals surface area contributed by atoms with Crippen molar-refractivity contribution in [3.05, 3.63) is 22.9 Å². The van der Waals surface area contributed by atoms with Gasteiger partial charge in [-0.2, -0.15) is 0 Å². The Hall–Kier alpha value is -0.610. The van der Waals surface area contributed by atoms with Gasteiger partial charge in [-0.1, -0.05) is 0 Å². The molecule has 0 aromatic carbocycles. The minimum Gasteiger partial charge on any atom is -0.488 e. The van der Waals surface area contributed by atoms with E-state index in [4.69, 9.17) is 4.74 Å². The highest BCUT2D eigenvalue weighted by atomic mass is 79.9. The van der Waals surface area contributed by atoms with Gasteiger partial charge in [0, 0.05) is 18.9 Å². The molecule has 1 aliphatic heterocycles. The van der Waals surface area contributed by atoms with Crippen molar-refractivity contribution < 1.29 is 4.74 Å². The van der Waals surface area contributed by atoms with Gasteiger partial charge in [0.1, 0.15) is 11.9 Å². The predicted molar refractivity (Wildman–Crippen MR) is 58.5 cm³/mol. The standard InChI is InChI=1S/C10H13BrN2O/c11-9-7-13-5-3-10(9)14-8-2-1-4-12-6-8/h3,5,7-8,12H,1-2,4,6H2/t8-/m0/s1. The Morgan fingerprint density at radius 1 is 1.57 bits per heavy atom. The van der Waals surface area contributed by atoms with Crippen LogP contribution in [0.2, 0.25) is 0 Å². The SMILES string of the molecule is Brc1cnccc1O[C@H]1CCCNC1. The molecule has 1 saturated heterocycles. The maximum Gasteiger partial charge on any atom is 0.137 e. The van der Waals surface area contributed by atoms with Crippen molar-refractivity contribution in [1.29, 1.82) is 0 Å². The summed E-state index contributed by atoms with van der Waals surface area (Å²) >= 11 is 3.42. The molecule has 2 heterocycles. The van der Waals surface area contributed by atoms with Gasteiger partial charge >= 0.3 is 0 Å². The van der Waals surface area contributed by atoms with Gasteiger partial charge in [-0.05, 0) is 41.4 Å². The van der Waals surface area contributed by atoms with E-state index in [1.807, 2.05) is 6.07 Å². The highest BCUT2D eigenvalue weighted by molar-refractivity contribution is 9.10. The van der Waals surface area contributed by atoms with Gasteiger partial charge in [0.15, 0.2) is 0 Å². The largest absolute Gasteiger partial charge is 0.488 e.